The fourth-order valence-corrected chi connectivity index (χ4v) is 4.19. The van der Waals surface area contributed by atoms with Crippen LogP contribution in [0.5, 0.6) is 0 Å². The van der Waals surface area contributed by atoms with Crippen molar-refractivity contribution < 1.29 is 13.7 Å². The van der Waals surface area contributed by atoms with Gasteiger partial charge in [0.1, 0.15) is 17.7 Å². The average Bonchev–Trinajstić information content (AvgIpc) is 3.22. The highest BCUT2D eigenvalue weighted by atomic mass is 19.1. The molecule has 2 aromatic carbocycles. The Morgan fingerprint density at radius 3 is 2.23 bits per heavy atom. The number of hydrogen-bond acceptors (Lipinski definition) is 4. The Kier molecular flexibility index (Phi) is 6.32. The molecule has 0 saturated carbocycles. The third kappa shape index (κ3) is 4.64. The van der Waals surface area contributed by atoms with Gasteiger partial charge in [-0.15, -0.1) is 5.10 Å². The summed E-state index contributed by atoms with van der Waals surface area (Å²) in [5, 5.41) is 12.5. The summed E-state index contributed by atoms with van der Waals surface area (Å²) < 4.78 is 28.3. The van der Waals surface area contributed by atoms with Gasteiger partial charge < -0.3 is 9.80 Å². The molecule has 8 heteroatoms. The zero-order valence-electron chi connectivity index (χ0n) is 17.1. The highest BCUT2D eigenvalue weighted by molar-refractivity contribution is 5.46. The lowest BCUT2D eigenvalue weighted by Crippen LogP contribution is -3.15. The molecular formula is C22H27F2N6+. The predicted molar refractivity (Wildman–Crippen MR) is 110 cm³/mol. The minimum atomic E-state index is -0.247. The standard InChI is InChI=1S/C22H26F2N6/c1-2-3-21(22-25-26-27-30(22)16-17-4-6-18(23)7-5-17)29-14-12-28(13-15-29)20-10-8-19(24)9-11-20/h4-11,21H,2-3,12-16H2,1H3/p+1/t21-/m1/s1. The fraction of sp³-hybridized carbons (Fsp3) is 0.409. The molecular weight excluding hydrogens is 386 g/mol. The van der Waals surface area contributed by atoms with Crippen LogP contribution in [0.25, 0.3) is 0 Å². The maximum absolute atomic E-state index is 13.2. The molecule has 30 heavy (non-hydrogen) atoms. The van der Waals surface area contributed by atoms with Gasteiger partial charge >= 0.3 is 0 Å². The summed E-state index contributed by atoms with van der Waals surface area (Å²) in [5.41, 5.74) is 2.03. The minimum absolute atomic E-state index is 0.209. The molecule has 1 atom stereocenters. The third-order valence-corrected chi connectivity index (χ3v) is 5.78. The van der Waals surface area contributed by atoms with Crippen molar-refractivity contribution in [3.63, 3.8) is 0 Å². The Balaban J connectivity index is 1.46. The molecule has 0 amide bonds. The fourth-order valence-electron chi connectivity index (χ4n) is 4.19. The molecule has 4 rings (SSSR count). The Morgan fingerprint density at radius 2 is 1.60 bits per heavy atom. The van der Waals surface area contributed by atoms with Gasteiger partial charge in [0.15, 0.2) is 0 Å². The maximum Gasteiger partial charge on any atom is 0.209 e. The predicted octanol–water partition coefficient (Wildman–Crippen LogP) is 2.25. The van der Waals surface area contributed by atoms with Gasteiger partial charge in [-0.3, -0.25) is 0 Å². The number of anilines is 1. The highest BCUT2D eigenvalue weighted by Crippen LogP contribution is 2.17. The molecule has 1 aliphatic heterocycles. The van der Waals surface area contributed by atoms with E-state index in [1.807, 2.05) is 16.8 Å². The third-order valence-electron chi connectivity index (χ3n) is 5.78. The van der Waals surface area contributed by atoms with E-state index in [-0.39, 0.29) is 17.7 Å². The van der Waals surface area contributed by atoms with E-state index in [2.05, 4.69) is 27.3 Å². The molecule has 3 aromatic rings. The first-order chi connectivity index (χ1) is 14.6. The maximum atomic E-state index is 13.2. The number of tetrazole rings is 1. The van der Waals surface area contributed by atoms with Gasteiger partial charge in [0.25, 0.3) is 0 Å². The first-order valence-corrected chi connectivity index (χ1v) is 10.5. The topological polar surface area (TPSA) is 51.3 Å². The van der Waals surface area contributed by atoms with Crippen LogP contribution in [0.4, 0.5) is 14.5 Å². The normalized spacial score (nSPS) is 16.0. The van der Waals surface area contributed by atoms with Crippen molar-refractivity contribution in [2.24, 2.45) is 0 Å². The summed E-state index contributed by atoms with van der Waals surface area (Å²) in [6, 6.07) is 13.4. The molecule has 1 aliphatic rings. The molecule has 1 fully saturated rings. The number of quaternary nitrogens is 1. The quantitative estimate of drug-likeness (QED) is 0.646. The van der Waals surface area contributed by atoms with Crippen LogP contribution in [0.15, 0.2) is 48.5 Å². The van der Waals surface area contributed by atoms with E-state index in [0.29, 0.717) is 6.54 Å². The second-order valence-corrected chi connectivity index (χ2v) is 7.78. The lowest BCUT2D eigenvalue weighted by atomic mass is 10.1. The Hall–Kier alpha value is -2.87. The second kappa shape index (κ2) is 9.30. The van der Waals surface area contributed by atoms with Crippen LogP contribution in [0.2, 0.25) is 0 Å². The van der Waals surface area contributed by atoms with Crippen molar-refractivity contribution in [2.75, 3.05) is 31.1 Å². The molecule has 2 heterocycles. The smallest absolute Gasteiger partial charge is 0.209 e. The number of rotatable bonds is 7. The summed E-state index contributed by atoms with van der Waals surface area (Å²) in [6.07, 6.45) is 2.04. The van der Waals surface area contributed by atoms with Crippen LogP contribution in [-0.2, 0) is 6.54 Å². The number of nitrogens with one attached hydrogen (secondary N) is 1. The molecule has 1 saturated heterocycles. The van der Waals surface area contributed by atoms with E-state index in [1.165, 1.54) is 29.2 Å². The first kappa shape index (κ1) is 20.4. The number of aromatic nitrogens is 4. The lowest BCUT2D eigenvalue weighted by Gasteiger charge is -2.37. The summed E-state index contributed by atoms with van der Waals surface area (Å²) in [6.45, 7) is 6.44. The first-order valence-electron chi connectivity index (χ1n) is 10.5. The Morgan fingerprint density at radius 1 is 0.967 bits per heavy atom. The lowest BCUT2D eigenvalue weighted by molar-refractivity contribution is -0.933. The van der Waals surface area contributed by atoms with Crippen molar-refractivity contribution in [3.05, 3.63) is 71.6 Å². The van der Waals surface area contributed by atoms with Gasteiger partial charge in [0, 0.05) is 12.1 Å². The van der Waals surface area contributed by atoms with Gasteiger partial charge in [0.05, 0.1) is 32.7 Å². The zero-order valence-corrected chi connectivity index (χ0v) is 17.1. The van der Waals surface area contributed by atoms with Crippen LogP contribution in [0.1, 0.15) is 37.2 Å². The van der Waals surface area contributed by atoms with E-state index >= 15 is 0 Å². The number of hydrogen-bond donors (Lipinski definition) is 1. The number of benzene rings is 2. The van der Waals surface area contributed by atoms with Crippen molar-refractivity contribution >= 4 is 5.69 Å². The molecule has 0 aliphatic carbocycles. The zero-order chi connectivity index (χ0) is 20.9. The van der Waals surface area contributed by atoms with Crippen LogP contribution < -0.4 is 9.80 Å². The van der Waals surface area contributed by atoms with Crippen LogP contribution in [0, 0.1) is 11.6 Å². The van der Waals surface area contributed by atoms with Crippen LogP contribution in [-0.4, -0.2) is 46.4 Å². The number of halogens is 2. The van der Waals surface area contributed by atoms with Crippen molar-refractivity contribution in [3.8, 4) is 0 Å². The highest BCUT2D eigenvalue weighted by Gasteiger charge is 2.32. The minimum Gasteiger partial charge on any atom is -0.360 e. The van der Waals surface area contributed by atoms with E-state index in [1.54, 1.807) is 12.1 Å². The van der Waals surface area contributed by atoms with Gasteiger partial charge in [-0.1, -0.05) is 25.5 Å². The average molecular weight is 413 g/mol. The Labute approximate surface area is 175 Å². The molecule has 0 bridgehead atoms. The van der Waals surface area contributed by atoms with Crippen LogP contribution >= 0.6 is 0 Å². The van der Waals surface area contributed by atoms with Gasteiger partial charge in [-0.05, 0) is 52.4 Å². The summed E-state index contributed by atoms with van der Waals surface area (Å²) in [7, 11) is 0. The summed E-state index contributed by atoms with van der Waals surface area (Å²) in [4.78, 5) is 3.76. The molecule has 0 spiro atoms. The van der Waals surface area contributed by atoms with E-state index in [0.717, 1.165) is 56.1 Å². The summed E-state index contributed by atoms with van der Waals surface area (Å²) >= 11 is 0. The van der Waals surface area contributed by atoms with E-state index in [4.69, 9.17) is 0 Å². The number of piperazine rings is 1. The van der Waals surface area contributed by atoms with Crippen LogP contribution in [0.3, 0.4) is 0 Å². The SMILES string of the molecule is CCC[C@H](c1nnnn1Cc1ccc(F)cc1)[NH+]1CCN(c2ccc(F)cc2)CC1. The molecule has 1 aromatic heterocycles. The molecule has 6 nitrogen and oxygen atoms in total. The Bertz CT molecular complexity index is 933. The van der Waals surface area contributed by atoms with E-state index in [9.17, 15) is 8.78 Å². The molecule has 1 N–H and O–H groups in total. The van der Waals surface area contributed by atoms with Crippen molar-refractivity contribution in [1.82, 2.24) is 20.2 Å². The molecule has 158 valence electrons. The monoisotopic (exact) mass is 413 g/mol. The van der Waals surface area contributed by atoms with Gasteiger partial charge in [-0.2, -0.15) is 0 Å². The van der Waals surface area contributed by atoms with Gasteiger partial charge in [0.2, 0.25) is 5.82 Å². The molecule has 0 radical (unpaired) electrons. The van der Waals surface area contributed by atoms with Crippen molar-refractivity contribution in [2.45, 2.75) is 32.4 Å². The van der Waals surface area contributed by atoms with Gasteiger partial charge in [-0.25, -0.2) is 13.5 Å². The second-order valence-electron chi connectivity index (χ2n) is 7.78. The van der Waals surface area contributed by atoms with E-state index < -0.39 is 0 Å². The van der Waals surface area contributed by atoms with Crippen molar-refractivity contribution in [1.29, 1.82) is 0 Å². The molecule has 0 unspecified atom stereocenters. The largest absolute Gasteiger partial charge is 0.360 e. The number of nitrogens with zero attached hydrogens (tertiary/aromatic N) is 5. The summed E-state index contributed by atoms with van der Waals surface area (Å²) in [5.74, 6) is 0.424.